The molecule has 1 aromatic carbocycles. The van der Waals surface area contributed by atoms with Gasteiger partial charge in [-0.3, -0.25) is 4.98 Å². The van der Waals surface area contributed by atoms with Crippen LogP contribution in [0.4, 0.5) is 5.69 Å². The molecule has 5 nitrogen and oxygen atoms in total. The summed E-state index contributed by atoms with van der Waals surface area (Å²) in [5, 5.41) is 2.53. The third kappa shape index (κ3) is 2.23. The first-order valence-corrected chi connectivity index (χ1v) is 8.45. The van der Waals surface area contributed by atoms with Crippen LogP contribution in [-0.2, 0) is 7.05 Å². The molecule has 2 aromatic heterocycles. The second-order valence-electron chi connectivity index (χ2n) is 6.68. The van der Waals surface area contributed by atoms with Crippen LogP contribution in [0.2, 0.25) is 0 Å². The van der Waals surface area contributed by atoms with Gasteiger partial charge >= 0.3 is 0 Å². The van der Waals surface area contributed by atoms with Gasteiger partial charge in [-0.25, -0.2) is 0 Å². The fourth-order valence-corrected chi connectivity index (χ4v) is 3.83. The van der Waals surface area contributed by atoms with Crippen LogP contribution in [0.5, 0.6) is 5.75 Å². The van der Waals surface area contributed by atoms with Crippen molar-refractivity contribution in [2.75, 3.05) is 45.2 Å². The van der Waals surface area contributed by atoms with E-state index in [-0.39, 0.29) is 0 Å². The lowest BCUT2D eigenvalue weighted by atomic mass is 10.1. The average molecular weight is 324 g/mol. The molecule has 4 rings (SSSR count). The highest BCUT2D eigenvalue weighted by atomic mass is 16.5. The molecule has 3 heterocycles. The number of aromatic nitrogens is 2. The van der Waals surface area contributed by atoms with Crippen LogP contribution in [0.3, 0.4) is 0 Å². The minimum Gasteiger partial charge on any atom is -0.495 e. The maximum atomic E-state index is 5.73. The molecule has 0 saturated carbocycles. The fourth-order valence-electron chi connectivity index (χ4n) is 3.83. The predicted octanol–water partition coefficient (Wildman–Crippen LogP) is 2.80. The van der Waals surface area contributed by atoms with Gasteiger partial charge in [0.2, 0.25) is 0 Å². The van der Waals surface area contributed by atoms with Crippen LogP contribution in [0.15, 0.2) is 24.4 Å². The van der Waals surface area contributed by atoms with Gasteiger partial charge in [0.25, 0.3) is 0 Å². The second-order valence-corrected chi connectivity index (χ2v) is 6.68. The molecule has 0 spiro atoms. The first-order valence-electron chi connectivity index (χ1n) is 8.45. The van der Waals surface area contributed by atoms with Gasteiger partial charge < -0.3 is 19.1 Å². The minimum atomic E-state index is 0.948. The zero-order valence-electron chi connectivity index (χ0n) is 14.8. The van der Waals surface area contributed by atoms with Gasteiger partial charge in [-0.1, -0.05) is 0 Å². The van der Waals surface area contributed by atoms with E-state index in [1.54, 1.807) is 7.11 Å². The summed E-state index contributed by atoms with van der Waals surface area (Å²) in [5.41, 5.74) is 4.65. The van der Waals surface area contributed by atoms with Crippen LogP contribution >= 0.6 is 0 Å². The standard InChI is InChI=1S/C19H24N4O/c1-13-19-14(5-6-20-13)15-11-17(23-9-7-21(2)8-10-23)18(24-4)12-16(15)22(19)3/h5-6,11-12H,7-10H2,1-4H3. The van der Waals surface area contributed by atoms with E-state index in [9.17, 15) is 0 Å². The van der Waals surface area contributed by atoms with Crippen LogP contribution in [0, 0.1) is 6.92 Å². The Labute approximate surface area is 142 Å². The molecule has 1 saturated heterocycles. The Morgan fingerprint density at radius 2 is 1.79 bits per heavy atom. The number of piperazine rings is 1. The quantitative estimate of drug-likeness (QED) is 0.726. The maximum Gasteiger partial charge on any atom is 0.144 e. The van der Waals surface area contributed by atoms with Crippen molar-refractivity contribution in [3.8, 4) is 5.75 Å². The number of ether oxygens (including phenoxy) is 1. The number of benzene rings is 1. The number of hydrogen-bond acceptors (Lipinski definition) is 4. The molecule has 0 radical (unpaired) electrons. The third-order valence-electron chi connectivity index (χ3n) is 5.24. The number of likely N-dealkylation sites (N-methyl/N-ethyl adjacent to an activating group) is 1. The number of nitrogens with zero attached hydrogens (tertiary/aromatic N) is 4. The summed E-state index contributed by atoms with van der Waals surface area (Å²) in [4.78, 5) is 9.26. The van der Waals surface area contributed by atoms with Crippen molar-refractivity contribution in [2.45, 2.75) is 6.92 Å². The molecule has 0 atom stereocenters. The van der Waals surface area contributed by atoms with E-state index in [0.717, 1.165) is 37.6 Å². The lowest BCUT2D eigenvalue weighted by molar-refractivity contribution is 0.311. The molecule has 1 aliphatic heterocycles. The molecular formula is C19H24N4O. The largest absolute Gasteiger partial charge is 0.495 e. The van der Waals surface area contributed by atoms with Crippen LogP contribution in [-0.4, -0.2) is 54.8 Å². The number of anilines is 1. The van der Waals surface area contributed by atoms with Gasteiger partial charge in [0.1, 0.15) is 5.75 Å². The topological polar surface area (TPSA) is 33.5 Å². The molecule has 0 amide bonds. The lowest BCUT2D eigenvalue weighted by Gasteiger charge is -2.34. The number of rotatable bonds is 2. The van der Waals surface area contributed by atoms with Crippen molar-refractivity contribution in [3.63, 3.8) is 0 Å². The number of pyridine rings is 1. The summed E-state index contributed by atoms with van der Waals surface area (Å²) in [6.07, 6.45) is 1.90. The maximum absolute atomic E-state index is 5.73. The van der Waals surface area contributed by atoms with E-state index in [1.165, 1.54) is 27.5 Å². The summed E-state index contributed by atoms with van der Waals surface area (Å²) < 4.78 is 7.96. The van der Waals surface area contributed by atoms with Gasteiger partial charge in [-0.2, -0.15) is 0 Å². The summed E-state index contributed by atoms with van der Waals surface area (Å²) >= 11 is 0. The van der Waals surface area contributed by atoms with Crippen LogP contribution < -0.4 is 9.64 Å². The Morgan fingerprint density at radius 1 is 1.04 bits per heavy atom. The highest BCUT2D eigenvalue weighted by molar-refractivity contribution is 6.10. The van der Waals surface area contributed by atoms with Crippen LogP contribution in [0.1, 0.15) is 5.69 Å². The van der Waals surface area contributed by atoms with Gasteiger partial charge in [-0.15, -0.1) is 0 Å². The highest BCUT2D eigenvalue weighted by Crippen LogP contribution is 2.38. The molecule has 1 fully saturated rings. The Bertz CT molecular complexity index is 907. The smallest absolute Gasteiger partial charge is 0.144 e. The molecule has 0 bridgehead atoms. The highest BCUT2D eigenvalue weighted by Gasteiger charge is 2.20. The Kier molecular flexibility index (Phi) is 3.61. The van der Waals surface area contributed by atoms with Crippen molar-refractivity contribution < 1.29 is 4.74 Å². The molecule has 5 heteroatoms. The fraction of sp³-hybridized carbons (Fsp3) is 0.421. The predicted molar refractivity (Wildman–Crippen MR) is 99.2 cm³/mol. The average Bonchev–Trinajstić information content (AvgIpc) is 2.88. The normalized spacial score (nSPS) is 16.2. The van der Waals surface area contributed by atoms with E-state index >= 15 is 0 Å². The van der Waals surface area contributed by atoms with E-state index < -0.39 is 0 Å². The van der Waals surface area contributed by atoms with Crippen molar-refractivity contribution in [1.82, 2.24) is 14.5 Å². The third-order valence-corrected chi connectivity index (χ3v) is 5.24. The first-order chi connectivity index (χ1) is 11.6. The Balaban J connectivity index is 1.94. The molecule has 1 aliphatic rings. The molecular weight excluding hydrogens is 300 g/mol. The van der Waals surface area contributed by atoms with Crippen molar-refractivity contribution in [2.24, 2.45) is 7.05 Å². The number of methoxy groups -OCH3 is 1. The Morgan fingerprint density at radius 3 is 2.50 bits per heavy atom. The van der Waals surface area contributed by atoms with E-state index in [4.69, 9.17) is 4.74 Å². The molecule has 0 N–H and O–H groups in total. The minimum absolute atomic E-state index is 0.948. The first kappa shape index (κ1) is 15.3. The summed E-state index contributed by atoms with van der Waals surface area (Å²) in [6.45, 7) is 6.30. The number of fused-ring (bicyclic) bond motifs is 3. The SMILES string of the molecule is COc1cc2c(cc1N1CCN(C)CC1)c1ccnc(C)c1n2C. The Hall–Kier alpha value is -2.27. The molecule has 0 aliphatic carbocycles. The molecule has 0 unspecified atom stereocenters. The summed E-state index contributed by atoms with van der Waals surface area (Å²) in [7, 11) is 6.04. The molecule has 126 valence electrons. The summed E-state index contributed by atoms with van der Waals surface area (Å²) in [5.74, 6) is 0.948. The van der Waals surface area contributed by atoms with Gasteiger partial charge in [0, 0.05) is 56.3 Å². The van der Waals surface area contributed by atoms with E-state index in [2.05, 4.69) is 58.6 Å². The van der Waals surface area contributed by atoms with Crippen molar-refractivity contribution in [1.29, 1.82) is 0 Å². The number of aryl methyl sites for hydroxylation is 2. The van der Waals surface area contributed by atoms with Crippen LogP contribution in [0.25, 0.3) is 21.8 Å². The summed E-state index contributed by atoms with van der Waals surface area (Å²) in [6, 6.07) is 6.58. The molecule has 24 heavy (non-hydrogen) atoms. The van der Waals surface area contributed by atoms with E-state index in [0.29, 0.717) is 0 Å². The number of hydrogen-bond donors (Lipinski definition) is 0. The van der Waals surface area contributed by atoms with Crippen molar-refractivity contribution >= 4 is 27.5 Å². The van der Waals surface area contributed by atoms with Gasteiger partial charge in [0.15, 0.2) is 0 Å². The second kappa shape index (κ2) is 5.67. The monoisotopic (exact) mass is 324 g/mol. The lowest BCUT2D eigenvalue weighted by Crippen LogP contribution is -2.44. The van der Waals surface area contributed by atoms with E-state index in [1.807, 2.05) is 6.20 Å². The van der Waals surface area contributed by atoms with Gasteiger partial charge in [0.05, 0.1) is 29.5 Å². The van der Waals surface area contributed by atoms with Gasteiger partial charge in [-0.05, 0) is 26.1 Å². The zero-order chi connectivity index (χ0) is 16.8. The molecule has 3 aromatic rings. The van der Waals surface area contributed by atoms with Crippen molar-refractivity contribution in [3.05, 3.63) is 30.1 Å². The zero-order valence-corrected chi connectivity index (χ0v) is 14.8.